The highest BCUT2D eigenvalue weighted by Crippen LogP contribution is 2.31. The molecule has 78 valence electrons. The quantitative estimate of drug-likeness (QED) is 0.659. The Kier molecular flexibility index (Phi) is 3.41. The Morgan fingerprint density at radius 2 is 2.29 bits per heavy atom. The number of alkyl halides is 1. The molecule has 0 heterocycles. The van der Waals surface area contributed by atoms with E-state index in [-0.39, 0.29) is 6.61 Å². The van der Waals surface area contributed by atoms with Crippen molar-refractivity contribution in [2.45, 2.75) is 18.6 Å². The largest absolute Gasteiger partial charge is 0.493 e. The molecule has 0 saturated carbocycles. The van der Waals surface area contributed by atoms with E-state index in [0.717, 1.165) is 12.2 Å². The van der Waals surface area contributed by atoms with E-state index in [9.17, 15) is 8.78 Å². The molecule has 1 aliphatic rings. The van der Waals surface area contributed by atoms with E-state index in [1.165, 1.54) is 6.08 Å². The van der Waals surface area contributed by atoms with Gasteiger partial charge in [-0.05, 0) is 13.0 Å². The van der Waals surface area contributed by atoms with Crippen LogP contribution in [0.2, 0.25) is 0 Å². The van der Waals surface area contributed by atoms with Gasteiger partial charge in [-0.15, -0.1) is 0 Å². The molecule has 0 aromatic rings. The average Bonchev–Trinajstić information content (AvgIpc) is 2.13. The van der Waals surface area contributed by atoms with Crippen LogP contribution in [0, 0.1) is 0 Å². The number of allylic oxidation sites excluding steroid dienone is 2. The van der Waals surface area contributed by atoms with Crippen molar-refractivity contribution in [3.63, 3.8) is 0 Å². The lowest BCUT2D eigenvalue weighted by atomic mass is 9.63. The Morgan fingerprint density at radius 3 is 2.79 bits per heavy atom. The fourth-order valence-corrected chi connectivity index (χ4v) is 1.34. The van der Waals surface area contributed by atoms with E-state index in [2.05, 4.69) is 0 Å². The number of hydrogen-bond donors (Lipinski definition) is 2. The highest BCUT2D eigenvalue weighted by molar-refractivity contribution is 6.46. The first-order chi connectivity index (χ1) is 6.54. The van der Waals surface area contributed by atoms with E-state index in [1.807, 2.05) is 0 Å². The third-order valence-corrected chi connectivity index (χ3v) is 2.05. The molecule has 0 bridgehead atoms. The fraction of sp³-hybridized carbons (Fsp3) is 0.500. The van der Waals surface area contributed by atoms with Crippen LogP contribution < -0.4 is 0 Å². The minimum absolute atomic E-state index is 0.0513. The summed E-state index contributed by atoms with van der Waals surface area (Å²) in [7, 11) is -2.10. The van der Waals surface area contributed by atoms with Crippen molar-refractivity contribution >= 4 is 7.12 Å². The van der Waals surface area contributed by atoms with Crippen LogP contribution in [-0.2, 0) is 4.74 Å². The third kappa shape index (κ3) is 1.73. The number of rotatable bonds is 3. The van der Waals surface area contributed by atoms with E-state index in [1.54, 1.807) is 6.92 Å². The lowest BCUT2D eigenvalue weighted by molar-refractivity contribution is -0.0173. The Morgan fingerprint density at radius 1 is 1.64 bits per heavy atom. The first-order valence-electron chi connectivity index (χ1n) is 4.23. The van der Waals surface area contributed by atoms with Crippen molar-refractivity contribution in [2.24, 2.45) is 0 Å². The summed E-state index contributed by atoms with van der Waals surface area (Å²) in [5.41, 5.74) is -2.02. The molecule has 0 fully saturated rings. The second-order valence-corrected chi connectivity index (χ2v) is 2.93. The first-order valence-corrected chi connectivity index (χ1v) is 4.23. The molecule has 1 aliphatic carbocycles. The van der Waals surface area contributed by atoms with Crippen LogP contribution >= 0.6 is 0 Å². The second kappa shape index (κ2) is 4.21. The zero-order valence-corrected chi connectivity index (χ0v) is 7.65. The van der Waals surface area contributed by atoms with Crippen molar-refractivity contribution in [1.82, 2.24) is 0 Å². The highest BCUT2D eigenvalue weighted by Gasteiger charge is 2.51. The molecular weight excluding hydrogens is 193 g/mol. The molecule has 0 aliphatic heterocycles. The van der Waals surface area contributed by atoms with Gasteiger partial charge in [-0.3, -0.25) is 0 Å². The van der Waals surface area contributed by atoms with Gasteiger partial charge in [0.15, 0.2) is 11.7 Å². The van der Waals surface area contributed by atoms with Crippen molar-refractivity contribution < 1.29 is 23.6 Å². The van der Waals surface area contributed by atoms with Gasteiger partial charge in [-0.1, -0.05) is 12.2 Å². The summed E-state index contributed by atoms with van der Waals surface area (Å²) in [6.07, 6.45) is 1.03. The normalized spacial score (nSPS) is 31.5. The number of ether oxygens (including phenoxy) is 1. The lowest BCUT2D eigenvalue weighted by Gasteiger charge is -2.33. The maximum Gasteiger partial charge on any atom is 0.493 e. The van der Waals surface area contributed by atoms with Crippen LogP contribution in [0.1, 0.15) is 6.92 Å². The summed E-state index contributed by atoms with van der Waals surface area (Å²) < 4.78 is 31.2. The lowest BCUT2D eigenvalue weighted by Crippen LogP contribution is -2.55. The van der Waals surface area contributed by atoms with Crippen LogP contribution in [-0.4, -0.2) is 35.4 Å². The van der Waals surface area contributed by atoms with E-state index in [0.29, 0.717) is 0 Å². The Labute approximate surface area is 80.8 Å². The first kappa shape index (κ1) is 11.4. The molecule has 1 rings (SSSR count). The van der Waals surface area contributed by atoms with Crippen LogP contribution in [0.15, 0.2) is 24.1 Å². The topological polar surface area (TPSA) is 49.7 Å². The molecular formula is C8H11BF2O3. The monoisotopic (exact) mass is 204 g/mol. The van der Waals surface area contributed by atoms with Crippen molar-refractivity contribution in [3.8, 4) is 0 Å². The summed E-state index contributed by atoms with van der Waals surface area (Å²) in [6.45, 7) is 1.61. The SMILES string of the molecule is CCOC1(B(O)O)C=CC=C(F)C1F. The van der Waals surface area contributed by atoms with Crippen molar-refractivity contribution in [2.75, 3.05) is 6.61 Å². The third-order valence-electron chi connectivity index (χ3n) is 2.05. The summed E-state index contributed by atoms with van der Waals surface area (Å²) in [6, 6.07) is 0. The van der Waals surface area contributed by atoms with Gasteiger partial charge in [0.1, 0.15) is 5.83 Å². The summed E-state index contributed by atoms with van der Waals surface area (Å²) >= 11 is 0. The molecule has 0 spiro atoms. The summed E-state index contributed by atoms with van der Waals surface area (Å²) in [5, 5.41) is 18.0. The number of halogens is 2. The average molecular weight is 204 g/mol. The van der Waals surface area contributed by atoms with Gasteiger partial charge in [0.05, 0.1) is 0 Å². The minimum atomic E-state index is -2.19. The van der Waals surface area contributed by atoms with E-state index < -0.39 is 24.6 Å². The van der Waals surface area contributed by atoms with E-state index in [4.69, 9.17) is 14.8 Å². The predicted molar refractivity (Wildman–Crippen MR) is 47.8 cm³/mol. The van der Waals surface area contributed by atoms with Crippen LogP contribution in [0.3, 0.4) is 0 Å². The van der Waals surface area contributed by atoms with Gasteiger partial charge in [0, 0.05) is 6.61 Å². The molecule has 0 radical (unpaired) electrons. The molecule has 14 heavy (non-hydrogen) atoms. The number of hydrogen-bond acceptors (Lipinski definition) is 3. The summed E-state index contributed by atoms with van der Waals surface area (Å²) in [4.78, 5) is 0. The highest BCUT2D eigenvalue weighted by atomic mass is 19.2. The van der Waals surface area contributed by atoms with Gasteiger partial charge in [0.2, 0.25) is 0 Å². The Bertz CT molecular complexity index is 267. The molecule has 0 amide bonds. The molecule has 6 heteroatoms. The van der Waals surface area contributed by atoms with Crippen LogP contribution in [0.25, 0.3) is 0 Å². The van der Waals surface area contributed by atoms with Gasteiger partial charge >= 0.3 is 7.12 Å². The molecule has 2 atom stereocenters. The van der Waals surface area contributed by atoms with Gasteiger partial charge in [-0.25, -0.2) is 8.78 Å². The van der Waals surface area contributed by atoms with Gasteiger partial charge in [-0.2, -0.15) is 0 Å². The minimum Gasteiger partial charge on any atom is -0.425 e. The fourth-order valence-electron chi connectivity index (χ4n) is 1.34. The van der Waals surface area contributed by atoms with Crippen molar-refractivity contribution in [3.05, 3.63) is 24.1 Å². The zero-order chi connectivity index (χ0) is 10.8. The maximum atomic E-state index is 13.4. The smallest absolute Gasteiger partial charge is 0.425 e. The molecule has 0 aromatic carbocycles. The predicted octanol–water partition coefficient (Wildman–Crippen LogP) is 0.535. The molecule has 2 N–H and O–H groups in total. The molecule has 2 unspecified atom stereocenters. The van der Waals surface area contributed by atoms with Gasteiger partial charge in [0.25, 0.3) is 0 Å². The molecule has 0 saturated heterocycles. The van der Waals surface area contributed by atoms with Gasteiger partial charge < -0.3 is 14.8 Å². The zero-order valence-electron chi connectivity index (χ0n) is 7.65. The van der Waals surface area contributed by atoms with Crippen LogP contribution in [0.4, 0.5) is 8.78 Å². The Hall–Kier alpha value is -0.715. The second-order valence-electron chi connectivity index (χ2n) is 2.93. The van der Waals surface area contributed by atoms with E-state index >= 15 is 0 Å². The van der Waals surface area contributed by atoms with Crippen LogP contribution in [0.5, 0.6) is 0 Å². The molecule has 3 nitrogen and oxygen atoms in total. The maximum absolute atomic E-state index is 13.4. The van der Waals surface area contributed by atoms with Crippen molar-refractivity contribution in [1.29, 1.82) is 0 Å². The standard InChI is InChI=1S/C8H11BF2O3/c1-2-14-8(9(12)13)5-3-4-6(10)7(8)11/h3-5,7,12-13H,2H2,1H3. The molecule has 0 aromatic heterocycles. The summed E-state index contributed by atoms with van der Waals surface area (Å²) in [5.74, 6) is -1.07. The Balaban J connectivity index is 2.99.